The third-order valence-corrected chi connectivity index (χ3v) is 2.78. The summed E-state index contributed by atoms with van der Waals surface area (Å²) < 4.78 is 5.49. The summed E-state index contributed by atoms with van der Waals surface area (Å²) in [5, 5.41) is 9.56. The number of hydrogen-bond donors (Lipinski definition) is 2. The summed E-state index contributed by atoms with van der Waals surface area (Å²) in [6.07, 6.45) is 0.823. The molecule has 1 aromatic rings. The van der Waals surface area contributed by atoms with Crippen LogP contribution in [0.2, 0.25) is 0 Å². The first kappa shape index (κ1) is 13.1. The van der Waals surface area contributed by atoms with Crippen LogP contribution in [-0.4, -0.2) is 28.6 Å². The Bertz CT molecular complexity index is 332. The van der Waals surface area contributed by atoms with Gasteiger partial charge in [-0.25, -0.2) is 4.98 Å². The summed E-state index contributed by atoms with van der Waals surface area (Å²) >= 11 is 1.59. The fourth-order valence-corrected chi connectivity index (χ4v) is 1.87. The first-order valence-electron chi connectivity index (χ1n) is 5.30. The van der Waals surface area contributed by atoms with E-state index in [9.17, 15) is 0 Å². The highest BCUT2D eigenvalue weighted by atomic mass is 32.2. The maximum Gasteiger partial charge on any atom is 0.238 e. The number of aromatic nitrogens is 1. The minimum atomic E-state index is 0.0625. The van der Waals surface area contributed by atoms with Crippen molar-refractivity contribution in [3.8, 4) is 5.88 Å². The van der Waals surface area contributed by atoms with Crippen LogP contribution in [0.3, 0.4) is 0 Å². The molecule has 0 radical (unpaired) electrons. The van der Waals surface area contributed by atoms with Gasteiger partial charge in [0.25, 0.3) is 0 Å². The largest absolute Gasteiger partial charge is 0.473 e. The van der Waals surface area contributed by atoms with Gasteiger partial charge in [-0.15, -0.1) is 11.8 Å². The normalized spacial score (nSPS) is 10.8. The molecule has 0 saturated carbocycles. The Kier molecular flexibility index (Phi) is 5.42. The van der Waals surface area contributed by atoms with Gasteiger partial charge in [-0.3, -0.25) is 0 Å². The molecule has 1 heterocycles. The number of nitrogens with zero attached hydrogens (tertiary/aromatic N) is 1. The number of nitrogen functional groups attached to an aromatic ring is 1. The van der Waals surface area contributed by atoms with Crippen LogP contribution in [0.5, 0.6) is 5.88 Å². The topological polar surface area (TPSA) is 68.4 Å². The number of aliphatic hydroxyl groups is 1. The monoisotopic (exact) mass is 242 g/mol. The van der Waals surface area contributed by atoms with Crippen LogP contribution < -0.4 is 10.5 Å². The number of thioether (sulfide) groups is 1. The van der Waals surface area contributed by atoms with Gasteiger partial charge in [0.1, 0.15) is 5.03 Å². The third kappa shape index (κ3) is 4.28. The molecule has 0 aliphatic carbocycles. The minimum absolute atomic E-state index is 0.0625. The van der Waals surface area contributed by atoms with E-state index in [-0.39, 0.29) is 12.7 Å². The maximum atomic E-state index is 8.68. The van der Waals surface area contributed by atoms with Crippen LogP contribution in [0.15, 0.2) is 17.2 Å². The summed E-state index contributed by atoms with van der Waals surface area (Å²) in [4.78, 5) is 4.32. The van der Waals surface area contributed by atoms with Crippen LogP contribution in [0.25, 0.3) is 0 Å². The van der Waals surface area contributed by atoms with Crippen LogP contribution in [0, 0.1) is 0 Å². The standard InChI is InChI=1S/C11H18N2O2S/c1-8(2)15-11-9(12)4-5-10(13-11)16-7-3-6-14/h4-5,8,14H,3,6-7,12H2,1-2H3. The van der Waals surface area contributed by atoms with E-state index in [2.05, 4.69) is 4.98 Å². The molecule has 0 fully saturated rings. The molecule has 5 heteroatoms. The zero-order valence-electron chi connectivity index (χ0n) is 9.64. The number of aliphatic hydroxyl groups excluding tert-OH is 1. The van der Waals surface area contributed by atoms with Crippen molar-refractivity contribution in [1.82, 2.24) is 4.98 Å². The molecule has 0 bridgehead atoms. The molecule has 0 atom stereocenters. The molecule has 90 valence electrons. The molecule has 3 N–H and O–H groups in total. The molecule has 0 aromatic carbocycles. The maximum absolute atomic E-state index is 8.68. The molecule has 16 heavy (non-hydrogen) atoms. The van der Waals surface area contributed by atoms with E-state index in [1.165, 1.54) is 0 Å². The van der Waals surface area contributed by atoms with E-state index >= 15 is 0 Å². The van der Waals surface area contributed by atoms with Gasteiger partial charge < -0.3 is 15.6 Å². The number of pyridine rings is 1. The Morgan fingerprint density at radius 1 is 1.50 bits per heavy atom. The van der Waals surface area contributed by atoms with Crippen LogP contribution in [0.1, 0.15) is 20.3 Å². The summed E-state index contributed by atoms with van der Waals surface area (Å²) in [5.74, 6) is 1.33. The zero-order chi connectivity index (χ0) is 12.0. The highest BCUT2D eigenvalue weighted by Crippen LogP contribution is 2.25. The predicted molar refractivity (Wildman–Crippen MR) is 66.8 cm³/mol. The molecule has 0 amide bonds. The molecule has 0 aliphatic heterocycles. The van der Waals surface area contributed by atoms with E-state index in [4.69, 9.17) is 15.6 Å². The van der Waals surface area contributed by atoms with Gasteiger partial charge in [0.2, 0.25) is 5.88 Å². The molecular formula is C11H18N2O2S. The molecule has 1 rings (SSSR count). The highest BCUT2D eigenvalue weighted by Gasteiger charge is 2.06. The van der Waals surface area contributed by atoms with Crippen molar-refractivity contribution >= 4 is 17.4 Å². The fourth-order valence-electron chi connectivity index (χ4n) is 1.07. The van der Waals surface area contributed by atoms with Gasteiger partial charge in [-0.2, -0.15) is 0 Å². The predicted octanol–water partition coefficient (Wildman–Crippen LogP) is 1.93. The number of rotatable bonds is 6. The summed E-state index contributed by atoms with van der Waals surface area (Å²) in [7, 11) is 0. The van der Waals surface area contributed by atoms with Crippen LogP contribution >= 0.6 is 11.8 Å². The lowest BCUT2D eigenvalue weighted by molar-refractivity contribution is 0.232. The SMILES string of the molecule is CC(C)Oc1nc(SCCCO)ccc1N. The van der Waals surface area contributed by atoms with Gasteiger partial charge in [-0.1, -0.05) is 0 Å². The van der Waals surface area contributed by atoms with Crippen LogP contribution in [0.4, 0.5) is 5.69 Å². The zero-order valence-corrected chi connectivity index (χ0v) is 10.5. The van der Waals surface area contributed by atoms with Crippen molar-refractivity contribution < 1.29 is 9.84 Å². The molecule has 0 saturated heterocycles. The third-order valence-electron chi connectivity index (χ3n) is 1.76. The van der Waals surface area contributed by atoms with E-state index in [0.717, 1.165) is 17.2 Å². The van der Waals surface area contributed by atoms with Gasteiger partial charge in [0.05, 0.1) is 11.8 Å². The lowest BCUT2D eigenvalue weighted by atomic mass is 10.4. The number of anilines is 1. The van der Waals surface area contributed by atoms with E-state index < -0.39 is 0 Å². The van der Waals surface area contributed by atoms with E-state index in [1.807, 2.05) is 19.9 Å². The Hall–Kier alpha value is -0.940. The molecule has 1 aromatic heterocycles. The lowest BCUT2D eigenvalue weighted by Gasteiger charge is -2.11. The van der Waals surface area contributed by atoms with Crippen molar-refractivity contribution in [3.63, 3.8) is 0 Å². The summed E-state index contributed by atoms with van der Waals surface area (Å²) in [6, 6.07) is 3.66. The van der Waals surface area contributed by atoms with Gasteiger partial charge in [-0.05, 0) is 32.4 Å². The van der Waals surface area contributed by atoms with Crippen molar-refractivity contribution in [2.24, 2.45) is 0 Å². The first-order chi connectivity index (χ1) is 7.63. The molecular weight excluding hydrogens is 224 g/mol. The van der Waals surface area contributed by atoms with Crippen molar-refractivity contribution in [2.75, 3.05) is 18.1 Å². The molecule has 0 aliphatic rings. The molecule has 0 unspecified atom stereocenters. The molecule has 0 spiro atoms. The highest BCUT2D eigenvalue weighted by molar-refractivity contribution is 7.99. The van der Waals surface area contributed by atoms with Crippen LogP contribution in [-0.2, 0) is 0 Å². The fraction of sp³-hybridized carbons (Fsp3) is 0.545. The quantitative estimate of drug-likeness (QED) is 0.589. The lowest BCUT2D eigenvalue weighted by Crippen LogP contribution is -2.09. The average molecular weight is 242 g/mol. The second-order valence-corrected chi connectivity index (χ2v) is 4.75. The van der Waals surface area contributed by atoms with Gasteiger partial charge in [0.15, 0.2) is 0 Å². The number of hydrogen-bond acceptors (Lipinski definition) is 5. The summed E-state index contributed by atoms with van der Waals surface area (Å²) in [6.45, 7) is 4.08. The van der Waals surface area contributed by atoms with Gasteiger partial charge >= 0.3 is 0 Å². The second-order valence-electron chi connectivity index (χ2n) is 3.64. The van der Waals surface area contributed by atoms with E-state index in [0.29, 0.717) is 11.6 Å². The number of nitrogens with two attached hydrogens (primary N) is 1. The molecule has 4 nitrogen and oxygen atoms in total. The van der Waals surface area contributed by atoms with Gasteiger partial charge in [0, 0.05) is 12.4 Å². The van der Waals surface area contributed by atoms with Crippen molar-refractivity contribution in [2.45, 2.75) is 31.4 Å². The first-order valence-corrected chi connectivity index (χ1v) is 6.29. The average Bonchev–Trinajstić information content (AvgIpc) is 2.22. The van der Waals surface area contributed by atoms with E-state index in [1.54, 1.807) is 17.8 Å². The van der Waals surface area contributed by atoms with Crippen molar-refractivity contribution in [1.29, 1.82) is 0 Å². The Morgan fingerprint density at radius 3 is 2.88 bits per heavy atom. The Labute approximate surface area is 100 Å². The minimum Gasteiger partial charge on any atom is -0.473 e. The number of ether oxygens (including phenoxy) is 1. The smallest absolute Gasteiger partial charge is 0.238 e. The summed E-state index contributed by atoms with van der Waals surface area (Å²) in [5.41, 5.74) is 6.31. The van der Waals surface area contributed by atoms with Crippen molar-refractivity contribution in [3.05, 3.63) is 12.1 Å². The Balaban J connectivity index is 2.65. The Morgan fingerprint density at radius 2 is 2.25 bits per heavy atom. The second kappa shape index (κ2) is 6.60.